The van der Waals surface area contributed by atoms with Crippen LogP contribution in [0.3, 0.4) is 0 Å². The van der Waals surface area contributed by atoms with Gasteiger partial charge in [-0.2, -0.15) is 0 Å². The third kappa shape index (κ3) is 2.77. The number of benzene rings is 1. The van der Waals surface area contributed by atoms with Crippen LogP contribution in [0.1, 0.15) is 12.5 Å². The highest BCUT2D eigenvalue weighted by Gasteiger charge is 2.26. The predicted octanol–water partition coefficient (Wildman–Crippen LogP) is 0.768. The van der Waals surface area contributed by atoms with Crippen molar-refractivity contribution in [1.29, 1.82) is 0 Å². The van der Waals surface area contributed by atoms with Crippen LogP contribution in [0.15, 0.2) is 24.3 Å². The van der Waals surface area contributed by atoms with Crippen molar-refractivity contribution in [3.8, 4) is 0 Å². The van der Waals surface area contributed by atoms with E-state index in [9.17, 15) is 4.79 Å². The van der Waals surface area contributed by atoms with E-state index in [-0.39, 0.29) is 24.5 Å². The SMILES string of the molecule is CC(CO)CNC(=O)[C@@H]1Cc2ccccc2N1. The summed E-state index contributed by atoms with van der Waals surface area (Å²) in [7, 11) is 0. The molecular formula is C13H18N2O2. The Morgan fingerprint density at radius 2 is 2.35 bits per heavy atom. The Morgan fingerprint density at radius 3 is 3.06 bits per heavy atom. The van der Waals surface area contributed by atoms with E-state index in [1.54, 1.807) is 0 Å². The van der Waals surface area contributed by atoms with Crippen molar-refractivity contribution in [2.45, 2.75) is 19.4 Å². The molecule has 1 aliphatic heterocycles. The molecule has 2 rings (SSSR count). The summed E-state index contributed by atoms with van der Waals surface area (Å²) < 4.78 is 0. The van der Waals surface area contributed by atoms with Gasteiger partial charge in [0.1, 0.15) is 6.04 Å². The fraction of sp³-hybridized carbons (Fsp3) is 0.462. The average Bonchev–Trinajstić information content (AvgIpc) is 2.79. The normalized spacial score (nSPS) is 19.3. The zero-order valence-corrected chi connectivity index (χ0v) is 9.94. The van der Waals surface area contributed by atoms with Gasteiger partial charge in [-0.1, -0.05) is 25.1 Å². The van der Waals surface area contributed by atoms with Crippen molar-refractivity contribution < 1.29 is 9.90 Å². The van der Waals surface area contributed by atoms with Crippen LogP contribution in [-0.2, 0) is 11.2 Å². The van der Waals surface area contributed by atoms with E-state index in [0.29, 0.717) is 6.54 Å². The number of para-hydroxylation sites is 1. The molecule has 0 fully saturated rings. The Kier molecular flexibility index (Phi) is 3.64. The standard InChI is InChI=1S/C13H18N2O2/c1-9(8-16)7-14-13(17)12-6-10-4-2-3-5-11(10)15-12/h2-5,9,12,15-16H,6-8H2,1H3,(H,14,17)/t9?,12-/m0/s1. The second-order valence-electron chi connectivity index (χ2n) is 4.59. The molecule has 1 aliphatic rings. The van der Waals surface area contributed by atoms with Gasteiger partial charge in [0, 0.05) is 25.3 Å². The highest BCUT2D eigenvalue weighted by Crippen LogP contribution is 2.24. The summed E-state index contributed by atoms with van der Waals surface area (Å²) in [5.74, 6) is 0.101. The summed E-state index contributed by atoms with van der Waals surface area (Å²) >= 11 is 0. The number of carbonyl (C=O) groups excluding carboxylic acids is 1. The molecule has 4 heteroatoms. The summed E-state index contributed by atoms with van der Waals surface area (Å²) in [6, 6.07) is 7.78. The quantitative estimate of drug-likeness (QED) is 0.721. The predicted molar refractivity (Wildman–Crippen MR) is 66.8 cm³/mol. The first-order valence-electron chi connectivity index (χ1n) is 5.93. The van der Waals surface area contributed by atoms with Gasteiger partial charge >= 0.3 is 0 Å². The minimum Gasteiger partial charge on any atom is -0.396 e. The van der Waals surface area contributed by atoms with Crippen LogP contribution in [0.25, 0.3) is 0 Å². The van der Waals surface area contributed by atoms with Gasteiger partial charge < -0.3 is 15.7 Å². The van der Waals surface area contributed by atoms with Crippen molar-refractivity contribution in [3.05, 3.63) is 29.8 Å². The van der Waals surface area contributed by atoms with Gasteiger partial charge in [-0.05, 0) is 17.5 Å². The number of hydrogen-bond acceptors (Lipinski definition) is 3. The summed E-state index contributed by atoms with van der Waals surface area (Å²) in [5, 5.41) is 14.9. The molecule has 1 aromatic carbocycles. The maximum Gasteiger partial charge on any atom is 0.242 e. The van der Waals surface area contributed by atoms with Crippen LogP contribution >= 0.6 is 0 Å². The Bertz CT molecular complexity index is 381. The molecule has 1 unspecified atom stereocenters. The smallest absolute Gasteiger partial charge is 0.242 e. The van der Waals surface area contributed by atoms with E-state index >= 15 is 0 Å². The number of rotatable bonds is 4. The molecular weight excluding hydrogens is 216 g/mol. The summed E-state index contributed by atoms with van der Waals surface area (Å²) in [5.41, 5.74) is 2.23. The number of aliphatic hydroxyl groups excluding tert-OH is 1. The van der Waals surface area contributed by atoms with Crippen LogP contribution in [-0.4, -0.2) is 30.2 Å². The van der Waals surface area contributed by atoms with Crippen molar-refractivity contribution in [1.82, 2.24) is 5.32 Å². The lowest BCUT2D eigenvalue weighted by Gasteiger charge is -2.14. The average molecular weight is 234 g/mol. The summed E-state index contributed by atoms with van der Waals surface area (Å²) in [6.07, 6.45) is 0.732. The molecule has 0 saturated carbocycles. The molecule has 92 valence electrons. The zero-order valence-electron chi connectivity index (χ0n) is 9.94. The molecule has 1 amide bonds. The molecule has 3 N–H and O–H groups in total. The van der Waals surface area contributed by atoms with Gasteiger partial charge in [0.15, 0.2) is 0 Å². The van der Waals surface area contributed by atoms with Gasteiger partial charge in [-0.3, -0.25) is 4.79 Å². The number of hydrogen-bond donors (Lipinski definition) is 3. The third-order valence-corrected chi connectivity index (χ3v) is 3.02. The maximum absolute atomic E-state index is 11.9. The third-order valence-electron chi connectivity index (χ3n) is 3.02. The Morgan fingerprint density at radius 1 is 1.59 bits per heavy atom. The first-order valence-corrected chi connectivity index (χ1v) is 5.93. The van der Waals surface area contributed by atoms with Gasteiger partial charge in [0.25, 0.3) is 0 Å². The monoisotopic (exact) mass is 234 g/mol. The van der Waals surface area contributed by atoms with E-state index in [1.165, 1.54) is 5.56 Å². The zero-order chi connectivity index (χ0) is 12.3. The summed E-state index contributed by atoms with van der Waals surface area (Å²) in [6.45, 7) is 2.51. The van der Waals surface area contributed by atoms with Crippen molar-refractivity contribution in [2.24, 2.45) is 5.92 Å². The number of fused-ring (bicyclic) bond motifs is 1. The minimum absolute atomic E-state index is 0.00139. The lowest BCUT2D eigenvalue weighted by atomic mass is 10.1. The molecule has 2 atom stereocenters. The molecule has 0 aliphatic carbocycles. The molecule has 1 aromatic rings. The molecule has 0 spiro atoms. The van der Waals surface area contributed by atoms with Crippen LogP contribution in [0, 0.1) is 5.92 Å². The Hall–Kier alpha value is -1.55. The van der Waals surface area contributed by atoms with Crippen LogP contribution in [0.5, 0.6) is 0 Å². The first kappa shape index (κ1) is 11.9. The van der Waals surface area contributed by atoms with E-state index in [1.807, 2.05) is 31.2 Å². The molecule has 0 aromatic heterocycles. The fourth-order valence-electron chi connectivity index (χ4n) is 1.92. The second-order valence-corrected chi connectivity index (χ2v) is 4.59. The lowest BCUT2D eigenvalue weighted by Crippen LogP contribution is -2.40. The van der Waals surface area contributed by atoms with Crippen molar-refractivity contribution >= 4 is 11.6 Å². The Balaban J connectivity index is 1.88. The molecule has 1 heterocycles. The largest absolute Gasteiger partial charge is 0.396 e. The first-order chi connectivity index (χ1) is 8.20. The highest BCUT2D eigenvalue weighted by atomic mass is 16.3. The van der Waals surface area contributed by atoms with E-state index < -0.39 is 0 Å². The van der Waals surface area contributed by atoms with Crippen LogP contribution in [0.4, 0.5) is 5.69 Å². The Labute approximate surface area is 101 Å². The molecule has 0 bridgehead atoms. The van der Waals surface area contributed by atoms with Crippen molar-refractivity contribution in [2.75, 3.05) is 18.5 Å². The number of carbonyl (C=O) groups is 1. The molecule has 4 nitrogen and oxygen atoms in total. The number of anilines is 1. The number of aliphatic hydroxyl groups is 1. The molecule has 0 radical (unpaired) electrons. The fourth-order valence-corrected chi connectivity index (χ4v) is 1.92. The van der Waals surface area contributed by atoms with Crippen LogP contribution in [0.2, 0.25) is 0 Å². The van der Waals surface area contributed by atoms with Gasteiger partial charge in [-0.15, -0.1) is 0 Å². The second kappa shape index (κ2) is 5.19. The maximum atomic E-state index is 11.9. The van der Waals surface area contributed by atoms with Gasteiger partial charge in [-0.25, -0.2) is 0 Å². The number of nitrogens with one attached hydrogen (secondary N) is 2. The topological polar surface area (TPSA) is 61.4 Å². The van der Waals surface area contributed by atoms with E-state index in [4.69, 9.17) is 5.11 Å². The molecule has 0 saturated heterocycles. The highest BCUT2D eigenvalue weighted by molar-refractivity contribution is 5.87. The van der Waals surface area contributed by atoms with E-state index in [0.717, 1.165) is 12.1 Å². The van der Waals surface area contributed by atoms with Gasteiger partial charge in [0.2, 0.25) is 5.91 Å². The van der Waals surface area contributed by atoms with Crippen LogP contribution < -0.4 is 10.6 Å². The van der Waals surface area contributed by atoms with Gasteiger partial charge in [0.05, 0.1) is 0 Å². The molecule has 17 heavy (non-hydrogen) atoms. The van der Waals surface area contributed by atoms with E-state index in [2.05, 4.69) is 10.6 Å². The minimum atomic E-state index is -0.182. The van der Waals surface area contributed by atoms with Crippen molar-refractivity contribution in [3.63, 3.8) is 0 Å². The summed E-state index contributed by atoms with van der Waals surface area (Å²) in [4.78, 5) is 11.9. The number of amides is 1. The lowest BCUT2D eigenvalue weighted by molar-refractivity contribution is -0.121.